The van der Waals surface area contributed by atoms with Crippen LogP contribution in [-0.2, 0) is 4.43 Å². The fourth-order valence-corrected chi connectivity index (χ4v) is 4.63. The second-order valence-corrected chi connectivity index (χ2v) is 6.84. The molecule has 0 aromatic carbocycles. The van der Waals surface area contributed by atoms with Gasteiger partial charge in [0.2, 0.25) is 0 Å². The van der Waals surface area contributed by atoms with Crippen LogP contribution in [0, 0.1) is 5.92 Å². The third-order valence-electron chi connectivity index (χ3n) is 3.39. The summed E-state index contributed by atoms with van der Waals surface area (Å²) in [7, 11) is 0.785. The average molecular weight is 215 g/mol. The zero-order valence-corrected chi connectivity index (χ0v) is 11.0. The van der Waals surface area contributed by atoms with E-state index < -0.39 is 9.20 Å². The van der Waals surface area contributed by atoms with E-state index in [1.165, 1.54) is 38.1 Å². The number of rotatable bonds is 6. The average Bonchev–Trinajstić information content (AvgIpc) is 2.69. The number of nitrogens with one attached hydrogen (secondary N) is 1. The molecule has 1 saturated carbocycles. The molecule has 2 unspecified atom stereocenters. The number of hydrogen-bond acceptors (Lipinski definition) is 2. The van der Waals surface area contributed by atoms with E-state index in [-0.39, 0.29) is 0 Å². The molecule has 1 aliphatic carbocycles. The lowest BCUT2D eigenvalue weighted by atomic mass is 10.1. The molecular formula is C11H25NOSi. The monoisotopic (exact) mass is 215 g/mol. The Balaban J connectivity index is 2.22. The fourth-order valence-electron chi connectivity index (χ4n) is 2.22. The van der Waals surface area contributed by atoms with Gasteiger partial charge in [-0.25, -0.2) is 0 Å². The van der Waals surface area contributed by atoms with Gasteiger partial charge in [0, 0.05) is 7.11 Å². The highest BCUT2D eigenvalue weighted by atomic mass is 28.3. The van der Waals surface area contributed by atoms with Crippen LogP contribution in [0.4, 0.5) is 0 Å². The predicted molar refractivity (Wildman–Crippen MR) is 63.8 cm³/mol. The van der Waals surface area contributed by atoms with Gasteiger partial charge in [-0.3, -0.25) is 0 Å². The quantitative estimate of drug-likeness (QED) is 0.687. The van der Waals surface area contributed by atoms with E-state index >= 15 is 0 Å². The maximum atomic E-state index is 5.61. The first-order chi connectivity index (χ1) is 6.76. The molecule has 0 spiro atoms. The standard InChI is InChI=1S/C11H25NOSi/c1-4-10(2)12-14(13-3)9-11-7-5-6-8-11/h10-12,14H,4-9H2,1-3H3. The zero-order valence-electron chi connectivity index (χ0n) is 9.88. The summed E-state index contributed by atoms with van der Waals surface area (Å²) in [5.74, 6) is 0.961. The first kappa shape index (κ1) is 12.2. The second kappa shape index (κ2) is 6.59. The van der Waals surface area contributed by atoms with Gasteiger partial charge < -0.3 is 9.41 Å². The van der Waals surface area contributed by atoms with Crippen LogP contribution >= 0.6 is 0 Å². The topological polar surface area (TPSA) is 21.3 Å². The summed E-state index contributed by atoms with van der Waals surface area (Å²) in [4.78, 5) is 3.66. The maximum Gasteiger partial charge on any atom is 0.252 e. The summed E-state index contributed by atoms with van der Waals surface area (Å²) in [5, 5.41) is 0. The Labute approximate surface area is 90.2 Å². The van der Waals surface area contributed by atoms with Crippen molar-refractivity contribution in [3.8, 4) is 0 Å². The Kier molecular flexibility index (Phi) is 5.75. The summed E-state index contributed by atoms with van der Waals surface area (Å²) >= 11 is 0. The Morgan fingerprint density at radius 3 is 2.57 bits per heavy atom. The molecule has 14 heavy (non-hydrogen) atoms. The molecule has 3 heteroatoms. The fraction of sp³-hybridized carbons (Fsp3) is 1.00. The highest BCUT2D eigenvalue weighted by molar-refractivity contribution is 6.49. The lowest BCUT2D eigenvalue weighted by Crippen LogP contribution is -2.42. The van der Waals surface area contributed by atoms with Crippen molar-refractivity contribution in [1.29, 1.82) is 0 Å². The van der Waals surface area contributed by atoms with E-state index in [0.717, 1.165) is 5.92 Å². The lowest BCUT2D eigenvalue weighted by molar-refractivity contribution is 0.384. The van der Waals surface area contributed by atoms with Crippen molar-refractivity contribution in [2.45, 2.75) is 58.0 Å². The van der Waals surface area contributed by atoms with Crippen molar-refractivity contribution >= 4 is 9.20 Å². The molecule has 2 nitrogen and oxygen atoms in total. The van der Waals surface area contributed by atoms with Crippen LogP contribution in [0.25, 0.3) is 0 Å². The molecule has 84 valence electrons. The molecule has 0 aromatic heterocycles. The van der Waals surface area contributed by atoms with Crippen LogP contribution in [0.2, 0.25) is 6.04 Å². The largest absolute Gasteiger partial charge is 0.409 e. The van der Waals surface area contributed by atoms with Crippen LogP contribution in [-0.4, -0.2) is 22.4 Å². The van der Waals surface area contributed by atoms with E-state index in [2.05, 4.69) is 18.8 Å². The summed E-state index contributed by atoms with van der Waals surface area (Å²) < 4.78 is 5.61. The molecule has 1 fully saturated rings. The molecular weight excluding hydrogens is 190 g/mol. The van der Waals surface area contributed by atoms with Crippen LogP contribution in [0.1, 0.15) is 46.0 Å². The Morgan fingerprint density at radius 2 is 2.07 bits per heavy atom. The van der Waals surface area contributed by atoms with Crippen LogP contribution in [0.5, 0.6) is 0 Å². The SMILES string of the molecule is CCC(C)N[SiH](CC1CCCC1)OC. The van der Waals surface area contributed by atoms with Crippen molar-refractivity contribution < 1.29 is 4.43 Å². The Morgan fingerprint density at radius 1 is 1.43 bits per heavy atom. The summed E-state index contributed by atoms with van der Waals surface area (Å²) in [6.07, 6.45) is 6.97. The Hall–Kier alpha value is 0.137. The third kappa shape index (κ3) is 4.11. The number of hydrogen-bond donors (Lipinski definition) is 1. The van der Waals surface area contributed by atoms with Gasteiger partial charge in [-0.2, -0.15) is 0 Å². The van der Waals surface area contributed by atoms with Gasteiger partial charge in [-0.15, -0.1) is 0 Å². The zero-order chi connectivity index (χ0) is 10.4. The molecule has 1 aliphatic rings. The Bertz CT molecular complexity index is 148. The molecule has 0 aromatic rings. The molecule has 0 amide bonds. The van der Waals surface area contributed by atoms with E-state index in [1.807, 2.05) is 7.11 Å². The second-order valence-electron chi connectivity index (χ2n) is 4.59. The molecule has 0 radical (unpaired) electrons. The predicted octanol–water partition coefficient (Wildman–Crippen LogP) is 2.43. The van der Waals surface area contributed by atoms with Gasteiger partial charge in [0.15, 0.2) is 0 Å². The van der Waals surface area contributed by atoms with Gasteiger partial charge in [0.05, 0.1) is 0 Å². The van der Waals surface area contributed by atoms with E-state index in [0.29, 0.717) is 6.04 Å². The molecule has 0 saturated heterocycles. The van der Waals surface area contributed by atoms with Gasteiger partial charge in [-0.05, 0) is 24.4 Å². The van der Waals surface area contributed by atoms with Crippen LogP contribution < -0.4 is 4.98 Å². The highest BCUT2D eigenvalue weighted by Crippen LogP contribution is 2.28. The van der Waals surface area contributed by atoms with Crippen molar-refractivity contribution in [3.63, 3.8) is 0 Å². The van der Waals surface area contributed by atoms with Crippen molar-refractivity contribution in [1.82, 2.24) is 4.98 Å². The molecule has 1 rings (SSSR count). The molecule has 2 atom stereocenters. The first-order valence-corrected chi connectivity index (χ1v) is 7.91. The van der Waals surface area contributed by atoms with Gasteiger partial charge in [0.25, 0.3) is 9.20 Å². The minimum atomic E-state index is -1.09. The third-order valence-corrected chi connectivity index (χ3v) is 5.99. The molecule has 0 aliphatic heterocycles. The van der Waals surface area contributed by atoms with E-state index in [1.54, 1.807) is 0 Å². The molecule has 0 heterocycles. The molecule has 0 bridgehead atoms. The normalized spacial score (nSPS) is 22.5. The van der Waals surface area contributed by atoms with Crippen molar-refractivity contribution in [3.05, 3.63) is 0 Å². The minimum Gasteiger partial charge on any atom is -0.409 e. The van der Waals surface area contributed by atoms with Crippen molar-refractivity contribution in [2.24, 2.45) is 5.92 Å². The van der Waals surface area contributed by atoms with Gasteiger partial charge in [-0.1, -0.05) is 39.5 Å². The summed E-state index contributed by atoms with van der Waals surface area (Å²) in [6, 6.07) is 1.97. The lowest BCUT2D eigenvalue weighted by Gasteiger charge is -2.22. The smallest absolute Gasteiger partial charge is 0.252 e. The van der Waals surface area contributed by atoms with Crippen LogP contribution in [0.3, 0.4) is 0 Å². The van der Waals surface area contributed by atoms with Crippen molar-refractivity contribution in [2.75, 3.05) is 7.11 Å². The van der Waals surface area contributed by atoms with Crippen LogP contribution in [0.15, 0.2) is 0 Å². The molecule has 1 N–H and O–H groups in total. The van der Waals surface area contributed by atoms with E-state index in [4.69, 9.17) is 4.43 Å². The minimum absolute atomic E-state index is 0.632. The van der Waals surface area contributed by atoms with Gasteiger partial charge >= 0.3 is 0 Å². The summed E-state index contributed by atoms with van der Waals surface area (Å²) in [6.45, 7) is 4.49. The van der Waals surface area contributed by atoms with Gasteiger partial charge in [0.1, 0.15) is 0 Å². The first-order valence-electron chi connectivity index (χ1n) is 6.05. The summed E-state index contributed by atoms with van der Waals surface area (Å²) in [5.41, 5.74) is 0. The highest BCUT2D eigenvalue weighted by Gasteiger charge is 2.22. The van der Waals surface area contributed by atoms with E-state index in [9.17, 15) is 0 Å². The maximum absolute atomic E-state index is 5.61.